The number of hydrogen-bond donors (Lipinski definition) is 2. The molecule has 3 N–H and O–H groups in total. The van der Waals surface area contributed by atoms with E-state index in [1.165, 1.54) is 4.68 Å². The standard InChI is InChI=1S/C22H27F3N8O/c1-6-32(14-7-13(8-14)10-33-16(26)9-15(30-33)22(23,24)25)21-27-12(4)17-19(29-21)31(5)18(11(2)3)20(34)28-17/h9,11,13-14,18H,1,7-8,10H2,2-5H3,(H2-,26,28,30,34)/p+1/t13-,14+,18-/m0/s1. The number of amides is 1. The Balaban J connectivity index is 1.51. The molecule has 2 aromatic heterocycles. The highest BCUT2D eigenvalue weighted by molar-refractivity contribution is 6.03. The maximum atomic E-state index is 12.9. The molecule has 1 aliphatic carbocycles. The quantitative estimate of drug-likeness (QED) is 0.507. The number of aryl methyl sites for hydroxylation is 1. The van der Waals surface area contributed by atoms with Gasteiger partial charge in [0, 0.05) is 25.5 Å². The Kier molecular flexibility index (Phi) is 5.89. The summed E-state index contributed by atoms with van der Waals surface area (Å²) in [6.45, 7) is 9.83. The lowest BCUT2D eigenvalue weighted by atomic mass is 9.80. The third-order valence-electron chi connectivity index (χ3n) is 6.45. The van der Waals surface area contributed by atoms with Crippen molar-refractivity contribution in [2.24, 2.45) is 11.8 Å². The molecule has 0 spiro atoms. The van der Waals surface area contributed by atoms with E-state index in [-0.39, 0.29) is 42.2 Å². The second kappa shape index (κ2) is 8.43. The van der Waals surface area contributed by atoms with E-state index in [0.29, 0.717) is 36.0 Å². The van der Waals surface area contributed by atoms with E-state index in [0.717, 1.165) is 6.07 Å². The number of carbonyl (C=O) groups is 1. The Morgan fingerprint density at radius 1 is 1.35 bits per heavy atom. The van der Waals surface area contributed by atoms with Crippen molar-refractivity contribution >= 4 is 35.0 Å². The first-order chi connectivity index (χ1) is 15.9. The average molecular weight is 478 g/mol. The van der Waals surface area contributed by atoms with Crippen molar-refractivity contribution in [1.82, 2.24) is 19.7 Å². The molecule has 1 fully saturated rings. The zero-order valence-corrected chi connectivity index (χ0v) is 19.5. The normalized spacial score (nSPS) is 22.2. The number of nitrogens with zero attached hydrogens (tertiary/aromatic N) is 6. The van der Waals surface area contributed by atoms with Crippen molar-refractivity contribution in [3.05, 3.63) is 24.0 Å². The molecule has 0 saturated heterocycles. The predicted molar refractivity (Wildman–Crippen MR) is 121 cm³/mol. The van der Waals surface area contributed by atoms with Crippen LogP contribution in [0.25, 0.3) is 0 Å². The van der Waals surface area contributed by atoms with Gasteiger partial charge in [-0.15, -0.1) is 0 Å². The summed E-state index contributed by atoms with van der Waals surface area (Å²) in [5.41, 5.74) is 5.95. The molecule has 2 aliphatic rings. The fourth-order valence-electron chi connectivity index (χ4n) is 4.69. The lowest BCUT2D eigenvalue weighted by molar-refractivity contribution is -0.506. The van der Waals surface area contributed by atoms with E-state index in [1.807, 2.05) is 25.8 Å². The molecule has 9 nitrogen and oxygen atoms in total. The van der Waals surface area contributed by atoms with Crippen molar-refractivity contribution in [2.45, 2.75) is 58.4 Å². The van der Waals surface area contributed by atoms with Crippen LogP contribution in [0.4, 0.5) is 36.4 Å². The zero-order valence-electron chi connectivity index (χ0n) is 19.5. The van der Waals surface area contributed by atoms with Gasteiger partial charge in [0.2, 0.25) is 11.7 Å². The first-order valence-corrected chi connectivity index (χ1v) is 11.1. The van der Waals surface area contributed by atoms with E-state index in [1.54, 1.807) is 11.5 Å². The molecule has 3 heterocycles. The number of carbonyl (C=O) groups excluding carboxylic acids is 1. The number of fused-ring (bicyclic) bond motifs is 1. The van der Waals surface area contributed by atoms with E-state index >= 15 is 0 Å². The first-order valence-electron chi connectivity index (χ1n) is 11.1. The van der Waals surface area contributed by atoms with Crippen LogP contribution >= 0.6 is 0 Å². The third kappa shape index (κ3) is 4.13. The molecule has 1 saturated carbocycles. The highest BCUT2D eigenvalue weighted by atomic mass is 19.4. The molecule has 1 aliphatic heterocycles. The monoisotopic (exact) mass is 477 g/mol. The summed E-state index contributed by atoms with van der Waals surface area (Å²) < 4.78 is 41.6. The van der Waals surface area contributed by atoms with Gasteiger partial charge in [-0.25, -0.2) is 4.68 Å². The molecular formula is C22H28F3N8O+. The Morgan fingerprint density at radius 3 is 2.59 bits per heavy atom. The summed E-state index contributed by atoms with van der Waals surface area (Å²) in [4.78, 5) is 23.7. The number of likely N-dealkylation sites (N-methyl/N-ethyl adjacent to an activating group) is 1. The van der Waals surface area contributed by atoms with Gasteiger partial charge in [-0.05, 0) is 43.2 Å². The molecule has 1 amide bonds. The van der Waals surface area contributed by atoms with Gasteiger partial charge >= 0.3 is 12.1 Å². The predicted octanol–water partition coefficient (Wildman–Crippen LogP) is 2.97. The summed E-state index contributed by atoms with van der Waals surface area (Å²) >= 11 is 0. The van der Waals surface area contributed by atoms with Crippen LogP contribution in [-0.2, 0) is 17.5 Å². The molecule has 0 aromatic carbocycles. The van der Waals surface area contributed by atoms with Crippen LogP contribution in [0.3, 0.4) is 0 Å². The van der Waals surface area contributed by atoms with Gasteiger partial charge in [0.15, 0.2) is 5.69 Å². The molecule has 12 heteroatoms. The summed E-state index contributed by atoms with van der Waals surface area (Å²) in [5, 5.41) is 6.53. The van der Waals surface area contributed by atoms with Crippen molar-refractivity contribution in [3.8, 4) is 0 Å². The number of anilines is 3. The fraction of sp³-hybridized carbons (Fsp3) is 0.545. The van der Waals surface area contributed by atoms with E-state index in [9.17, 15) is 18.0 Å². The number of nitrogen functional groups attached to an aromatic ring is 1. The van der Waals surface area contributed by atoms with Gasteiger partial charge in [0.05, 0.1) is 6.04 Å². The number of rotatable bonds is 5. The van der Waals surface area contributed by atoms with Crippen molar-refractivity contribution in [1.29, 1.82) is 0 Å². The Morgan fingerprint density at radius 2 is 2.03 bits per heavy atom. The number of halogens is 3. The number of aromatic nitrogens is 4. The summed E-state index contributed by atoms with van der Waals surface area (Å²) in [6, 6.07) is 0.483. The average Bonchev–Trinajstić information content (AvgIpc) is 3.08. The first kappa shape index (κ1) is 23.7. The van der Waals surface area contributed by atoms with Gasteiger partial charge in [-0.2, -0.15) is 22.8 Å². The molecule has 1 atom stereocenters. The van der Waals surface area contributed by atoms with Crippen LogP contribution in [0.1, 0.15) is 38.1 Å². The smallest absolute Gasteiger partial charge is 0.384 e. The second-order valence-corrected chi connectivity index (χ2v) is 9.25. The van der Waals surface area contributed by atoms with E-state index in [2.05, 4.69) is 27.8 Å². The number of hydrogen-bond acceptors (Lipinski definition) is 6. The number of alkyl halides is 3. The van der Waals surface area contributed by atoms with Crippen LogP contribution < -0.4 is 16.0 Å². The van der Waals surface area contributed by atoms with Crippen LogP contribution in [0.5, 0.6) is 0 Å². The van der Waals surface area contributed by atoms with Gasteiger partial charge < -0.3 is 16.0 Å². The summed E-state index contributed by atoms with van der Waals surface area (Å²) in [5.74, 6) is 4.00. The molecule has 4 rings (SSSR count). The zero-order chi connectivity index (χ0) is 24.9. The third-order valence-corrected chi connectivity index (χ3v) is 6.45. The van der Waals surface area contributed by atoms with E-state index in [4.69, 9.17) is 10.7 Å². The minimum absolute atomic E-state index is 0.0109. The molecule has 34 heavy (non-hydrogen) atoms. The second-order valence-electron chi connectivity index (χ2n) is 9.25. The lowest BCUT2D eigenvalue weighted by Crippen LogP contribution is -2.50. The summed E-state index contributed by atoms with van der Waals surface area (Å²) in [6.07, 6.45) is -3.19. The molecule has 0 radical (unpaired) electrons. The fourth-order valence-corrected chi connectivity index (χ4v) is 4.69. The molecule has 2 aromatic rings. The van der Waals surface area contributed by atoms with Crippen LogP contribution in [0.2, 0.25) is 0 Å². The van der Waals surface area contributed by atoms with Gasteiger partial charge in [0.1, 0.15) is 23.2 Å². The van der Waals surface area contributed by atoms with Crippen LogP contribution in [-0.4, -0.2) is 55.2 Å². The lowest BCUT2D eigenvalue weighted by Gasteiger charge is -2.36. The van der Waals surface area contributed by atoms with Gasteiger partial charge in [0.25, 0.3) is 0 Å². The van der Waals surface area contributed by atoms with E-state index < -0.39 is 11.9 Å². The number of nitrogens with one attached hydrogen (secondary N) is 1. The molecule has 0 bridgehead atoms. The minimum Gasteiger partial charge on any atom is -0.384 e. The van der Waals surface area contributed by atoms with Crippen LogP contribution in [0.15, 0.2) is 12.6 Å². The van der Waals surface area contributed by atoms with Crippen LogP contribution in [0, 0.1) is 18.8 Å². The SMILES string of the molecule is C=C=[N+](c1nc(C)c2c(n1)N(C)[C@@H](C(C)C)C(=O)N2)[C@H]1C[C@@H](Cn2nc(C(F)(F)F)cc2N)C1. The van der Waals surface area contributed by atoms with Gasteiger partial charge in [-0.3, -0.25) is 4.79 Å². The molecular weight excluding hydrogens is 449 g/mol. The maximum absolute atomic E-state index is 12.9. The number of nitrogens with two attached hydrogens (primary N) is 1. The molecule has 182 valence electrons. The maximum Gasteiger partial charge on any atom is 0.443 e. The highest BCUT2D eigenvalue weighted by Gasteiger charge is 2.42. The minimum atomic E-state index is -4.53. The Labute approximate surface area is 195 Å². The van der Waals surface area contributed by atoms with Crippen molar-refractivity contribution in [3.63, 3.8) is 0 Å². The topological polar surface area (TPSA) is 105 Å². The Bertz CT molecular complexity index is 1180. The van der Waals surface area contributed by atoms with Crippen molar-refractivity contribution in [2.75, 3.05) is 23.0 Å². The van der Waals surface area contributed by atoms with Crippen molar-refractivity contribution < 1.29 is 22.5 Å². The largest absolute Gasteiger partial charge is 0.443 e. The molecule has 0 unspecified atom stereocenters. The van der Waals surface area contributed by atoms with Gasteiger partial charge in [-0.1, -0.05) is 18.8 Å². The Hall–Kier alpha value is -3.40. The highest BCUT2D eigenvalue weighted by Crippen LogP contribution is 2.38. The summed E-state index contributed by atoms with van der Waals surface area (Å²) in [7, 11) is 1.84.